The number of amides is 2. The monoisotopic (exact) mass is 388 g/mol. The average molecular weight is 389 g/mol. The first-order valence-electron chi connectivity index (χ1n) is 6.99. The topological polar surface area (TPSA) is 86.7 Å². The summed E-state index contributed by atoms with van der Waals surface area (Å²) in [7, 11) is 0. The number of carboxylic acid groups (broad SMARTS) is 1. The van der Waals surface area contributed by atoms with Gasteiger partial charge in [-0.2, -0.15) is 0 Å². The van der Waals surface area contributed by atoms with Crippen molar-refractivity contribution in [3.63, 3.8) is 0 Å². The van der Waals surface area contributed by atoms with E-state index in [0.717, 1.165) is 16.6 Å². The van der Waals surface area contributed by atoms with Crippen molar-refractivity contribution in [3.8, 4) is 0 Å². The fourth-order valence-electron chi connectivity index (χ4n) is 2.47. The number of hydrogen-bond donors (Lipinski definition) is 2. The summed E-state index contributed by atoms with van der Waals surface area (Å²) in [6.07, 6.45) is 2.04. The fraction of sp³-hybridized carbons (Fsp3) is 0.500. The molecule has 2 N–H and O–H groups in total. The summed E-state index contributed by atoms with van der Waals surface area (Å²) < 4.78 is 0.832. The number of carboxylic acids is 1. The van der Waals surface area contributed by atoms with E-state index in [2.05, 4.69) is 21.2 Å². The lowest BCUT2D eigenvalue weighted by Gasteiger charge is -2.34. The number of hydrogen-bond acceptors (Lipinski definition) is 4. The van der Waals surface area contributed by atoms with Gasteiger partial charge < -0.3 is 15.3 Å². The van der Waals surface area contributed by atoms with Gasteiger partial charge in [-0.05, 0) is 54.2 Å². The van der Waals surface area contributed by atoms with Crippen LogP contribution in [0.2, 0.25) is 0 Å². The smallest absolute Gasteiger partial charge is 0.326 e. The van der Waals surface area contributed by atoms with Crippen LogP contribution >= 0.6 is 27.3 Å². The van der Waals surface area contributed by atoms with Gasteiger partial charge in [-0.25, -0.2) is 4.79 Å². The molecule has 1 aromatic rings. The highest BCUT2D eigenvalue weighted by atomic mass is 79.9. The van der Waals surface area contributed by atoms with Crippen molar-refractivity contribution < 1.29 is 19.5 Å². The maximum atomic E-state index is 12.4. The van der Waals surface area contributed by atoms with E-state index in [4.69, 9.17) is 0 Å². The molecule has 2 rings (SSSR count). The normalized spacial score (nSPS) is 19.5. The summed E-state index contributed by atoms with van der Waals surface area (Å²) in [5.74, 6) is -1.68. The maximum Gasteiger partial charge on any atom is 0.326 e. The number of piperidine rings is 1. The Hall–Kier alpha value is -1.41. The number of aliphatic carboxylic acids is 1. The Bertz CT molecular complexity index is 589. The molecule has 0 aliphatic carbocycles. The largest absolute Gasteiger partial charge is 0.480 e. The van der Waals surface area contributed by atoms with E-state index in [9.17, 15) is 19.5 Å². The summed E-state index contributed by atoms with van der Waals surface area (Å²) in [6.45, 7) is 2.00. The number of nitrogens with one attached hydrogen (secondary N) is 1. The van der Waals surface area contributed by atoms with E-state index in [1.165, 1.54) is 16.2 Å². The molecule has 2 atom stereocenters. The summed E-state index contributed by atoms with van der Waals surface area (Å²) in [5, 5.41) is 11.8. The van der Waals surface area contributed by atoms with Gasteiger partial charge in [-0.3, -0.25) is 9.59 Å². The molecule has 0 aromatic carbocycles. The Morgan fingerprint density at radius 1 is 1.41 bits per heavy atom. The van der Waals surface area contributed by atoms with Crippen LogP contribution in [0.25, 0.3) is 0 Å². The van der Waals surface area contributed by atoms with Crippen LogP contribution in [-0.4, -0.2) is 46.4 Å². The number of carbonyl (C=O) groups excluding carboxylic acids is 2. The van der Waals surface area contributed by atoms with Crippen LogP contribution < -0.4 is 5.32 Å². The summed E-state index contributed by atoms with van der Waals surface area (Å²) >= 11 is 4.56. The molecule has 2 amide bonds. The second kappa shape index (κ2) is 7.23. The second-order valence-corrected chi connectivity index (χ2v) is 7.64. The van der Waals surface area contributed by atoms with Gasteiger partial charge in [0.15, 0.2) is 0 Å². The average Bonchev–Trinajstić information content (AvgIpc) is 2.93. The summed E-state index contributed by atoms with van der Waals surface area (Å²) in [4.78, 5) is 37.6. The second-order valence-electron chi connectivity index (χ2n) is 5.18. The Kier molecular flexibility index (Phi) is 5.57. The lowest BCUT2D eigenvalue weighted by molar-refractivity contribution is -0.152. The molecule has 1 aromatic heterocycles. The van der Waals surface area contributed by atoms with Gasteiger partial charge in [0.05, 0.1) is 8.66 Å². The van der Waals surface area contributed by atoms with Gasteiger partial charge in [0, 0.05) is 6.54 Å². The maximum absolute atomic E-state index is 12.4. The lowest BCUT2D eigenvalue weighted by Crippen LogP contribution is -2.54. The van der Waals surface area contributed by atoms with Crippen molar-refractivity contribution >= 4 is 45.1 Å². The van der Waals surface area contributed by atoms with Gasteiger partial charge in [-0.15, -0.1) is 11.3 Å². The van der Waals surface area contributed by atoms with Crippen LogP contribution in [0, 0.1) is 0 Å². The molecule has 6 nitrogen and oxygen atoms in total. The first-order chi connectivity index (χ1) is 10.4. The molecule has 0 radical (unpaired) electrons. The standard InChI is InChI=1S/C14H17BrN2O4S/c1-8(16-12(18)10-5-6-11(15)22-10)13(19)17-7-3-2-4-9(17)14(20)21/h5-6,8-9H,2-4,7H2,1H3,(H,16,18)(H,20,21)/t8-,9+/m0/s1. The third-order valence-corrected chi connectivity index (χ3v) is 5.21. The molecule has 0 unspecified atom stereocenters. The zero-order valence-corrected chi connectivity index (χ0v) is 14.4. The Labute approximate surface area is 140 Å². The third kappa shape index (κ3) is 3.86. The van der Waals surface area contributed by atoms with E-state index in [1.54, 1.807) is 19.1 Å². The molecule has 0 bridgehead atoms. The van der Waals surface area contributed by atoms with Crippen LogP contribution in [0.4, 0.5) is 0 Å². The Morgan fingerprint density at radius 3 is 2.73 bits per heavy atom. The summed E-state index contributed by atoms with van der Waals surface area (Å²) in [6, 6.07) is 1.88. The molecular formula is C14H17BrN2O4S. The molecule has 120 valence electrons. The quantitative estimate of drug-likeness (QED) is 0.826. The number of carbonyl (C=O) groups is 3. The van der Waals surface area contributed by atoms with E-state index < -0.39 is 18.1 Å². The number of rotatable bonds is 4. The van der Waals surface area contributed by atoms with Crippen molar-refractivity contribution in [1.29, 1.82) is 0 Å². The molecule has 1 aliphatic heterocycles. The van der Waals surface area contributed by atoms with E-state index >= 15 is 0 Å². The zero-order chi connectivity index (χ0) is 16.3. The van der Waals surface area contributed by atoms with Crippen LogP contribution in [0.1, 0.15) is 35.9 Å². The lowest BCUT2D eigenvalue weighted by atomic mass is 10.0. The molecule has 8 heteroatoms. The van der Waals surface area contributed by atoms with Crippen molar-refractivity contribution in [2.75, 3.05) is 6.54 Å². The fourth-order valence-corrected chi connectivity index (χ4v) is 3.76. The van der Waals surface area contributed by atoms with Crippen LogP contribution in [-0.2, 0) is 9.59 Å². The first-order valence-corrected chi connectivity index (χ1v) is 8.60. The number of thiophene rings is 1. The number of nitrogens with zero attached hydrogens (tertiary/aromatic N) is 1. The first kappa shape index (κ1) is 17.0. The highest BCUT2D eigenvalue weighted by molar-refractivity contribution is 9.11. The minimum Gasteiger partial charge on any atom is -0.480 e. The van der Waals surface area contributed by atoms with Gasteiger partial charge in [0.1, 0.15) is 12.1 Å². The van der Waals surface area contributed by atoms with Gasteiger partial charge in [0.2, 0.25) is 5.91 Å². The zero-order valence-electron chi connectivity index (χ0n) is 12.0. The molecule has 1 aliphatic rings. The SMILES string of the molecule is C[C@H](NC(=O)c1ccc(Br)s1)C(=O)N1CCCC[C@@H]1C(=O)O. The predicted molar refractivity (Wildman–Crippen MR) is 85.9 cm³/mol. The highest BCUT2D eigenvalue weighted by Gasteiger charge is 2.34. The van der Waals surface area contributed by atoms with Crippen molar-refractivity contribution in [1.82, 2.24) is 10.2 Å². The molecule has 0 saturated carbocycles. The van der Waals surface area contributed by atoms with Gasteiger partial charge >= 0.3 is 5.97 Å². The minimum absolute atomic E-state index is 0.333. The van der Waals surface area contributed by atoms with Crippen LogP contribution in [0.15, 0.2) is 15.9 Å². The molecule has 1 saturated heterocycles. The minimum atomic E-state index is -0.992. The van der Waals surface area contributed by atoms with E-state index in [1.807, 2.05) is 0 Å². The van der Waals surface area contributed by atoms with Crippen molar-refractivity contribution in [2.24, 2.45) is 0 Å². The highest BCUT2D eigenvalue weighted by Crippen LogP contribution is 2.22. The Morgan fingerprint density at radius 2 is 2.14 bits per heavy atom. The van der Waals surface area contributed by atoms with Gasteiger partial charge in [0.25, 0.3) is 5.91 Å². The molecular weight excluding hydrogens is 372 g/mol. The molecule has 0 spiro atoms. The van der Waals surface area contributed by atoms with Crippen LogP contribution in [0.3, 0.4) is 0 Å². The summed E-state index contributed by atoms with van der Waals surface area (Å²) in [5.41, 5.74) is 0. The van der Waals surface area contributed by atoms with Crippen molar-refractivity contribution in [3.05, 3.63) is 20.8 Å². The van der Waals surface area contributed by atoms with Gasteiger partial charge in [-0.1, -0.05) is 0 Å². The van der Waals surface area contributed by atoms with Crippen molar-refractivity contribution in [2.45, 2.75) is 38.3 Å². The van der Waals surface area contributed by atoms with Crippen LogP contribution in [0.5, 0.6) is 0 Å². The number of likely N-dealkylation sites (tertiary alicyclic amines) is 1. The third-order valence-electron chi connectivity index (χ3n) is 3.59. The molecule has 22 heavy (non-hydrogen) atoms. The molecule has 2 heterocycles. The molecule has 1 fully saturated rings. The predicted octanol–water partition coefficient (Wildman–Crippen LogP) is 2.09. The Balaban J connectivity index is 2.01. The number of halogens is 1. The van der Waals surface area contributed by atoms with E-state index in [-0.39, 0.29) is 11.8 Å². The van der Waals surface area contributed by atoms with E-state index in [0.29, 0.717) is 17.8 Å².